The topological polar surface area (TPSA) is 64.1 Å². The zero-order chi connectivity index (χ0) is 12.1. The van der Waals surface area contributed by atoms with Gasteiger partial charge in [-0.05, 0) is 19.1 Å². The Morgan fingerprint density at radius 3 is 2.82 bits per heavy atom. The second kappa shape index (κ2) is 5.40. The maximum absolute atomic E-state index is 11.7. The summed E-state index contributed by atoms with van der Waals surface area (Å²) >= 11 is 1.27. The number of amides is 1. The van der Waals surface area contributed by atoms with Crippen LogP contribution < -0.4 is 10.1 Å². The molecule has 1 aromatic heterocycles. The van der Waals surface area contributed by atoms with E-state index in [9.17, 15) is 4.79 Å². The van der Waals surface area contributed by atoms with Gasteiger partial charge in [-0.15, -0.1) is 10.2 Å². The third kappa shape index (κ3) is 3.25. The number of para-hydroxylation sites is 1. The van der Waals surface area contributed by atoms with E-state index in [2.05, 4.69) is 15.5 Å². The molecule has 0 bridgehead atoms. The quantitative estimate of drug-likeness (QED) is 0.899. The van der Waals surface area contributed by atoms with E-state index in [-0.39, 0.29) is 5.91 Å². The summed E-state index contributed by atoms with van der Waals surface area (Å²) in [4.78, 5) is 11.7. The van der Waals surface area contributed by atoms with Crippen molar-refractivity contribution in [2.45, 2.75) is 13.0 Å². The van der Waals surface area contributed by atoms with Crippen LogP contribution in [0.3, 0.4) is 0 Å². The first kappa shape index (κ1) is 11.5. The van der Waals surface area contributed by atoms with E-state index in [4.69, 9.17) is 4.74 Å². The van der Waals surface area contributed by atoms with Crippen LogP contribution in [0, 0.1) is 0 Å². The monoisotopic (exact) mass is 249 g/mol. The molecule has 1 N–H and O–H groups in total. The zero-order valence-electron chi connectivity index (χ0n) is 9.16. The largest absolute Gasteiger partial charge is 0.481 e. The molecule has 0 saturated carbocycles. The summed E-state index contributed by atoms with van der Waals surface area (Å²) in [6.07, 6.45) is -0.582. The lowest BCUT2D eigenvalue weighted by Gasteiger charge is -2.13. The molecule has 0 aliphatic heterocycles. The first-order chi connectivity index (χ1) is 8.25. The lowest BCUT2D eigenvalue weighted by atomic mass is 10.3. The van der Waals surface area contributed by atoms with Gasteiger partial charge in [-0.1, -0.05) is 29.5 Å². The van der Waals surface area contributed by atoms with Crippen LogP contribution in [0.4, 0.5) is 5.13 Å². The fraction of sp³-hybridized carbons (Fsp3) is 0.182. The van der Waals surface area contributed by atoms with Gasteiger partial charge in [0.25, 0.3) is 5.91 Å². The van der Waals surface area contributed by atoms with E-state index in [1.54, 1.807) is 24.6 Å². The molecule has 0 radical (unpaired) electrons. The summed E-state index contributed by atoms with van der Waals surface area (Å²) in [5.74, 6) is 0.415. The maximum atomic E-state index is 11.7. The Morgan fingerprint density at radius 1 is 1.41 bits per heavy atom. The Balaban J connectivity index is 1.92. The molecule has 0 unspecified atom stereocenters. The highest BCUT2D eigenvalue weighted by molar-refractivity contribution is 7.13. The van der Waals surface area contributed by atoms with E-state index in [0.717, 1.165) is 0 Å². The van der Waals surface area contributed by atoms with E-state index < -0.39 is 6.10 Å². The van der Waals surface area contributed by atoms with Gasteiger partial charge in [0.05, 0.1) is 0 Å². The van der Waals surface area contributed by atoms with E-state index in [0.29, 0.717) is 10.9 Å². The Hall–Kier alpha value is -1.95. The van der Waals surface area contributed by atoms with Crippen molar-refractivity contribution in [3.8, 4) is 5.75 Å². The normalized spacial score (nSPS) is 11.8. The molecule has 1 amide bonds. The van der Waals surface area contributed by atoms with Gasteiger partial charge in [0.15, 0.2) is 6.10 Å². The number of aromatic nitrogens is 2. The maximum Gasteiger partial charge on any atom is 0.266 e. The fourth-order valence-electron chi connectivity index (χ4n) is 1.19. The smallest absolute Gasteiger partial charge is 0.266 e. The number of carbonyl (C=O) groups excluding carboxylic acids is 1. The van der Waals surface area contributed by atoms with E-state index in [1.165, 1.54) is 11.3 Å². The standard InChI is InChI=1S/C11H11N3O2S/c1-8(16-9-5-3-2-4-6-9)10(15)13-11-14-12-7-17-11/h2-8H,1H3,(H,13,14,15)/t8-/m1/s1. The average Bonchev–Trinajstić information content (AvgIpc) is 2.83. The van der Waals surface area contributed by atoms with Crippen LogP contribution in [0.5, 0.6) is 5.75 Å². The fourth-order valence-corrected chi connectivity index (χ4v) is 1.64. The van der Waals surface area contributed by atoms with Crippen molar-refractivity contribution >= 4 is 22.4 Å². The van der Waals surface area contributed by atoms with Gasteiger partial charge >= 0.3 is 0 Å². The molecule has 2 rings (SSSR count). The van der Waals surface area contributed by atoms with Crippen LogP contribution in [-0.2, 0) is 4.79 Å². The number of carbonyl (C=O) groups is 1. The molecule has 0 spiro atoms. The molecule has 5 nitrogen and oxygen atoms in total. The van der Waals surface area contributed by atoms with Gasteiger partial charge in [0.2, 0.25) is 5.13 Å². The first-order valence-corrected chi connectivity index (χ1v) is 5.92. The van der Waals surface area contributed by atoms with Crippen molar-refractivity contribution in [3.05, 3.63) is 35.8 Å². The minimum absolute atomic E-state index is 0.245. The van der Waals surface area contributed by atoms with Crippen LogP contribution in [0.1, 0.15) is 6.92 Å². The number of ether oxygens (including phenoxy) is 1. The van der Waals surface area contributed by atoms with Crippen molar-refractivity contribution in [1.29, 1.82) is 0 Å². The molecule has 6 heteroatoms. The Kier molecular flexibility index (Phi) is 3.66. The van der Waals surface area contributed by atoms with Crippen molar-refractivity contribution in [2.75, 3.05) is 5.32 Å². The summed E-state index contributed by atoms with van der Waals surface area (Å²) in [6.45, 7) is 1.68. The molecule has 0 fully saturated rings. The van der Waals surface area contributed by atoms with Crippen molar-refractivity contribution in [2.24, 2.45) is 0 Å². The van der Waals surface area contributed by atoms with Crippen LogP contribution >= 0.6 is 11.3 Å². The number of benzene rings is 1. The summed E-state index contributed by atoms with van der Waals surface area (Å²) in [6, 6.07) is 9.19. The predicted octanol–water partition coefficient (Wildman–Crippen LogP) is 1.94. The molecule has 2 aromatic rings. The minimum atomic E-state index is -0.582. The van der Waals surface area contributed by atoms with Gasteiger partial charge in [-0.2, -0.15) is 0 Å². The lowest BCUT2D eigenvalue weighted by molar-refractivity contribution is -0.122. The number of rotatable bonds is 4. The molecule has 0 aliphatic carbocycles. The highest BCUT2D eigenvalue weighted by atomic mass is 32.1. The highest BCUT2D eigenvalue weighted by Crippen LogP contribution is 2.13. The Labute approximate surface area is 102 Å². The Bertz CT molecular complexity index is 473. The lowest BCUT2D eigenvalue weighted by Crippen LogP contribution is -2.30. The van der Waals surface area contributed by atoms with Crippen molar-refractivity contribution < 1.29 is 9.53 Å². The van der Waals surface area contributed by atoms with Gasteiger partial charge in [0.1, 0.15) is 11.3 Å². The van der Waals surface area contributed by atoms with Gasteiger partial charge in [0, 0.05) is 0 Å². The minimum Gasteiger partial charge on any atom is -0.481 e. The van der Waals surface area contributed by atoms with Crippen LogP contribution in [-0.4, -0.2) is 22.2 Å². The molecule has 88 valence electrons. The van der Waals surface area contributed by atoms with Gasteiger partial charge in [-0.3, -0.25) is 10.1 Å². The van der Waals surface area contributed by atoms with Gasteiger partial charge in [-0.25, -0.2) is 0 Å². The molecule has 17 heavy (non-hydrogen) atoms. The highest BCUT2D eigenvalue weighted by Gasteiger charge is 2.15. The molecule has 0 aliphatic rings. The molecular formula is C11H11N3O2S. The van der Waals surface area contributed by atoms with Gasteiger partial charge < -0.3 is 4.74 Å². The molecule has 0 saturated heterocycles. The summed E-state index contributed by atoms with van der Waals surface area (Å²) in [7, 11) is 0. The number of anilines is 1. The summed E-state index contributed by atoms with van der Waals surface area (Å²) in [5.41, 5.74) is 1.55. The molecule has 1 aromatic carbocycles. The van der Waals surface area contributed by atoms with E-state index >= 15 is 0 Å². The third-order valence-electron chi connectivity index (χ3n) is 2.02. The van der Waals surface area contributed by atoms with Crippen molar-refractivity contribution in [3.63, 3.8) is 0 Å². The van der Waals surface area contributed by atoms with Crippen molar-refractivity contribution in [1.82, 2.24) is 10.2 Å². The molecule has 1 heterocycles. The SMILES string of the molecule is C[C@@H](Oc1ccccc1)C(=O)Nc1nncs1. The first-order valence-electron chi connectivity index (χ1n) is 5.04. The summed E-state index contributed by atoms with van der Waals surface area (Å²) < 4.78 is 5.47. The second-order valence-electron chi connectivity index (χ2n) is 3.31. The number of nitrogens with one attached hydrogen (secondary N) is 1. The molecule has 1 atom stereocenters. The number of hydrogen-bond acceptors (Lipinski definition) is 5. The number of nitrogens with zero attached hydrogens (tertiary/aromatic N) is 2. The summed E-state index contributed by atoms with van der Waals surface area (Å²) in [5, 5.41) is 10.5. The van der Waals surface area contributed by atoms with Crippen LogP contribution in [0.25, 0.3) is 0 Å². The third-order valence-corrected chi connectivity index (χ3v) is 2.62. The predicted molar refractivity (Wildman–Crippen MR) is 65.1 cm³/mol. The average molecular weight is 249 g/mol. The van der Waals surface area contributed by atoms with Crippen LogP contribution in [0.15, 0.2) is 35.8 Å². The second-order valence-corrected chi connectivity index (χ2v) is 4.14. The Morgan fingerprint density at radius 2 is 2.18 bits per heavy atom. The zero-order valence-corrected chi connectivity index (χ0v) is 9.98. The van der Waals surface area contributed by atoms with E-state index in [1.807, 2.05) is 18.2 Å². The number of hydrogen-bond donors (Lipinski definition) is 1. The molecular weight excluding hydrogens is 238 g/mol. The van der Waals surface area contributed by atoms with Crippen LogP contribution in [0.2, 0.25) is 0 Å².